The Labute approximate surface area is 72.9 Å². The third kappa shape index (κ3) is 8.87. The van der Waals surface area contributed by atoms with Crippen LogP contribution in [0.5, 0.6) is 0 Å². The fraction of sp³-hybridized carbons (Fsp3) is 0. The van der Waals surface area contributed by atoms with Crippen molar-refractivity contribution in [3.05, 3.63) is 0 Å². The van der Waals surface area contributed by atoms with Gasteiger partial charge < -0.3 is 0 Å². The molecule has 0 aromatic heterocycles. The van der Waals surface area contributed by atoms with Crippen molar-refractivity contribution in [2.75, 3.05) is 0 Å². The van der Waals surface area contributed by atoms with E-state index in [-0.39, 0.29) is 71.4 Å². The average Bonchev–Trinajstić information content (AvgIpc) is 1.00. The Kier molecular flexibility index (Phi) is 76.9. The van der Waals surface area contributed by atoms with Crippen LogP contribution in [0.25, 0.3) is 0 Å². The molecule has 22 valence electrons. The molecule has 0 heterocycles. The van der Waals surface area contributed by atoms with Gasteiger partial charge in [0.2, 0.25) is 0 Å². The second-order valence-corrected chi connectivity index (χ2v) is 0. The van der Waals surface area contributed by atoms with Gasteiger partial charge in [-0.25, -0.2) is 0 Å². The first kappa shape index (κ1) is 16.3. The Balaban J connectivity index is -0.00000000500. The molecule has 0 unspecified atom stereocenters. The fourth-order valence-corrected chi connectivity index (χ4v) is 0. The van der Waals surface area contributed by atoms with E-state index >= 15 is 0 Å². The molecule has 0 aromatic carbocycles. The van der Waals surface area contributed by atoms with Crippen LogP contribution < -0.4 is 0 Å². The van der Waals surface area contributed by atoms with Gasteiger partial charge >= 0.3 is 74.1 Å². The molecule has 1 nitrogen and oxygen atoms in total. The summed E-state index contributed by atoms with van der Waals surface area (Å²) in [6.45, 7) is 0. The van der Waals surface area contributed by atoms with Gasteiger partial charge in [0.15, 0.2) is 0 Å². The quantitative estimate of drug-likeness (QED) is 0.390. The van der Waals surface area contributed by atoms with Gasteiger partial charge in [-0.2, -0.15) is 0 Å². The van der Waals surface area contributed by atoms with Crippen molar-refractivity contribution in [1.82, 2.24) is 0 Å². The van der Waals surface area contributed by atoms with Crippen LogP contribution in [0.4, 0.5) is 0 Å². The summed E-state index contributed by atoms with van der Waals surface area (Å²) in [5, 5.41) is 0. The number of rotatable bonds is 0. The third-order valence-corrected chi connectivity index (χ3v) is 0. The minimum absolute atomic E-state index is 0. The van der Waals surface area contributed by atoms with Crippen molar-refractivity contribution < 1.29 is 2.69 Å². The maximum absolute atomic E-state index is 8.39. The van der Waals surface area contributed by atoms with Crippen LogP contribution in [0.2, 0.25) is 0 Å². The number of hydrogen-bond donors (Lipinski definition) is 0. The Bertz CT molecular complexity index is 8.00. The standard InChI is InChI=1S/Ga.In.O.Pb.6H. The first-order valence-electron chi connectivity index (χ1n) is 0.204. The molecule has 0 aliphatic heterocycles. The molecule has 0 rings (SSSR count). The normalized spacial score (nSPS) is 1.00. The van der Waals surface area contributed by atoms with Gasteiger partial charge in [-0.3, -0.25) is 0 Å². The summed E-state index contributed by atoms with van der Waals surface area (Å²) in [5.74, 6) is 0. The molecular weight excluding hydrogens is 408 g/mol. The molecule has 0 saturated carbocycles. The third-order valence-electron chi connectivity index (χ3n) is 0. The van der Waals surface area contributed by atoms with Gasteiger partial charge in [0.25, 0.3) is 0 Å². The monoisotopic (exact) mass is 414 g/mol. The van der Waals surface area contributed by atoms with E-state index in [2.05, 4.69) is 0 Å². The van der Waals surface area contributed by atoms with E-state index in [9.17, 15) is 0 Å². The predicted octanol–water partition coefficient (Wildman–Crippen LogP) is -2.87. The van der Waals surface area contributed by atoms with E-state index in [1.165, 1.54) is 0 Å². The van der Waals surface area contributed by atoms with E-state index in [0.717, 1.165) is 0 Å². The van der Waals surface area contributed by atoms with Crippen molar-refractivity contribution in [3.63, 3.8) is 0 Å². The molecule has 0 N–H and O–H groups in total. The van der Waals surface area contributed by atoms with Crippen LogP contribution in [0, 0.1) is 0 Å². The first-order valence-corrected chi connectivity index (χ1v) is 1.79. The Morgan fingerprint density at radius 2 is 1.25 bits per heavy atom. The van der Waals surface area contributed by atoms with Gasteiger partial charge in [-0.1, -0.05) is 0 Å². The average molecular weight is 414 g/mol. The van der Waals surface area contributed by atoms with Gasteiger partial charge in [-0.05, 0) is 0 Å². The van der Waals surface area contributed by atoms with Crippen molar-refractivity contribution >= 4 is 71.4 Å². The summed E-state index contributed by atoms with van der Waals surface area (Å²) < 4.78 is 8.39. The Morgan fingerprint density at radius 3 is 1.25 bits per heavy atom. The van der Waals surface area contributed by atoms with Crippen LogP contribution in [0.15, 0.2) is 0 Å². The molecule has 0 saturated heterocycles. The van der Waals surface area contributed by atoms with Gasteiger partial charge in [0.1, 0.15) is 0 Å². The zero-order valence-corrected chi connectivity index (χ0v) is 4.80. The predicted molar refractivity (Wildman–Crippen MR) is 26.3 cm³/mol. The van der Waals surface area contributed by atoms with Crippen LogP contribution in [-0.2, 0) is 2.69 Å². The van der Waals surface area contributed by atoms with E-state index < -0.39 is 0 Å². The molecule has 4 heteroatoms. The molecule has 0 atom stereocenters. The molecule has 0 amide bonds. The van der Waals surface area contributed by atoms with Crippen LogP contribution in [0.1, 0.15) is 0 Å². The minimum atomic E-state index is 0. The Morgan fingerprint density at radius 1 is 1.25 bits per heavy atom. The van der Waals surface area contributed by atoms with Gasteiger partial charge in [0.05, 0.1) is 0 Å². The van der Waals surface area contributed by atoms with Crippen molar-refractivity contribution in [2.45, 2.75) is 0 Å². The molecule has 0 spiro atoms. The summed E-state index contributed by atoms with van der Waals surface area (Å²) in [5.41, 5.74) is 0. The molecule has 0 aromatic rings. The van der Waals surface area contributed by atoms with E-state index in [1.54, 1.807) is 0 Å². The van der Waals surface area contributed by atoms with Crippen molar-refractivity contribution in [3.8, 4) is 0 Å². The van der Waals surface area contributed by atoms with Crippen LogP contribution in [-0.4, -0.2) is 71.4 Å². The van der Waals surface area contributed by atoms with E-state index in [1.807, 2.05) is 0 Å². The summed E-state index contributed by atoms with van der Waals surface area (Å²) in [7, 11) is 0. The summed E-state index contributed by atoms with van der Waals surface area (Å²) in [4.78, 5) is 0. The molecule has 4 heavy (non-hydrogen) atoms. The van der Waals surface area contributed by atoms with E-state index in [4.69, 9.17) is 2.69 Å². The van der Waals surface area contributed by atoms with Crippen molar-refractivity contribution in [2.24, 2.45) is 0 Å². The molecule has 2 radical (unpaired) electrons. The van der Waals surface area contributed by atoms with Crippen LogP contribution in [0.3, 0.4) is 0 Å². The molecular formula is H6GaInOPb. The zero-order valence-electron chi connectivity index (χ0n) is 0.908. The van der Waals surface area contributed by atoms with Gasteiger partial charge in [0, 0.05) is 0 Å². The SMILES string of the molecule is [GaH3].[InH3].[O]=[Pb]. The molecule has 0 bridgehead atoms. The molecule has 0 aliphatic carbocycles. The molecule has 0 fully saturated rings. The fourth-order valence-electron chi connectivity index (χ4n) is 0. The summed E-state index contributed by atoms with van der Waals surface area (Å²) >= 11 is 0.0556. The maximum atomic E-state index is 8.39. The summed E-state index contributed by atoms with van der Waals surface area (Å²) in [6.07, 6.45) is 0. The second-order valence-electron chi connectivity index (χ2n) is 0. The van der Waals surface area contributed by atoms with Crippen molar-refractivity contribution in [1.29, 1.82) is 0 Å². The first-order chi connectivity index (χ1) is 1.00. The topological polar surface area (TPSA) is 17.1 Å². The second kappa shape index (κ2) is 18.8. The Hall–Kier alpha value is 2.23. The summed E-state index contributed by atoms with van der Waals surface area (Å²) in [6, 6.07) is 0. The van der Waals surface area contributed by atoms with E-state index in [0.29, 0.717) is 0 Å². The number of hydrogen-bond acceptors (Lipinski definition) is 1. The van der Waals surface area contributed by atoms with Gasteiger partial charge in [-0.15, -0.1) is 0 Å². The molecule has 0 aliphatic rings. The van der Waals surface area contributed by atoms with Crippen LogP contribution >= 0.6 is 0 Å². The zero-order chi connectivity index (χ0) is 2.00.